The van der Waals surface area contributed by atoms with Gasteiger partial charge in [-0.25, -0.2) is 4.90 Å². The molecule has 1 aromatic rings. The Balaban J connectivity index is 2.90. The van der Waals surface area contributed by atoms with Crippen molar-refractivity contribution in [1.29, 1.82) is 0 Å². The molecule has 0 N–H and O–H groups in total. The molecule has 98 valence electrons. The summed E-state index contributed by atoms with van der Waals surface area (Å²) in [6.07, 6.45) is 2.49. The summed E-state index contributed by atoms with van der Waals surface area (Å²) in [5.74, 6) is -2.99. The number of hydrogen-bond donors (Lipinski definition) is 1. The second-order valence-electron chi connectivity index (χ2n) is 3.55. The molecule has 6 heteroatoms. The third-order valence-corrected chi connectivity index (χ3v) is 2.33. The molecule has 19 heavy (non-hydrogen) atoms. The van der Waals surface area contributed by atoms with Gasteiger partial charge in [-0.05, 0) is 11.6 Å². The van der Waals surface area contributed by atoms with Crippen molar-refractivity contribution in [2.75, 3.05) is 0 Å². The van der Waals surface area contributed by atoms with Crippen LogP contribution in [0.1, 0.15) is 12.5 Å². The average Bonchev–Trinajstić information content (AvgIpc) is 2.37. The van der Waals surface area contributed by atoms with Crippen LogP contribution in [-0.4, -0.2) is 27.7 Å². The van der Waals surface area contributed by atoms with Gasteiger partial charge in [0.2, 0.25) is 5.91 Å². The predicted molar refractivity (Wildman–Crippen MR) is 72.0 cm³/mol. The van der Waals surface area contributed by atoms with Gasteiger partial charge in [-0.2, -0.15) is 0 Å². The summed E-state index contributed by atoms with van der Waals surface area (Å²) in [7, 11) is 0. The van der Waals surface area contributed by atoms with Gasteiger partial charge in [0, 0.05) is 13.0 Å². The molecule has 0 saturated carbocycles. The third kappa shape index (κ3) is 4.18. The van der Waals surface area contributed by atoms with Crippen LogP contribution in [0.4, 0.5) is 0 Å². The molecule has 0 radical (unpaired) electrons. The molecule has 5 nitrogen and oxygen atoms in total. The van der Waals surface area contributed by atoms with Crippen LogP contribution in [0.5, 0.6) is 0 Å². The Hall–Kier alpha value is -2.21. The van der Waals surface area contributed by atoms with Crippen molar-refractivity contribution >= 4 is 41.5 Å². The molecule has 0 bridgehead atoms. The topological polar surface area (TPSA) is 71.5 Å². The number of nitrogens with zero attached hydrogens (tertiary/aromatic N) is 1. The smallest absolute Gasteiger partial charge is 0.276 e. The molecule has 0 unspecified atom stereocenters. The summed E-state index contributed by atoms with van der Waals surface area (Å²) in [5.41, 5.74) is 0.726. The Kier molecular flexibility index (Phi) is 5.20. The maximum absolute atomic E-state index is 11.7. The summed E-state index contributed by atoms with van der Waals surface area (Å²) in [4.78, 5) is 45.3. The fourth-order valence-electron chi connectivity index (χ4n) is 1.30. The maximum Gasteiger partial charge on any atom is 0.314 e. The lowest BCUT2D eigenvalue weighted by molar-refractivity contribution is -0.153. The highest BCUT2D eigenvalue weighted by Crippen LogP contribution is 2.03. The SMILES string of the molecule is CC(=O)N(C(=O)C=Cc1ccccc1)C(=O)C(=O)S. The van der Waals surface area contributed by atoms with Crippen LogP contribution in [0, 0.1) is 0 Å². The highest BCUT2D eigenvalue weighted by Gasteiger charge is 2.27. The molecule has 0 spiro atoms. The highest BCUT2D eigenvalue weighted by molar-refractivity contribution is 7.98. The molecular formula is C13H11NO4S. The van der Waals surface area contributed by atoms with E-state index in [9.17, 15) is 19.2 Å². The predicted octanol–water partition coefficient (Wildman–Crippen LogP) is 1.06. The van der Waals surface area contributed by atoms with E-state index in [1.165, 1.54) is 6.08 Å². The van der Waals surface area contributed by atoms with E-state index in [0.29, 0.717) is 0 Å². The number of rotatable bonds is 3. The van der Waals surface area contributed by atoms with Gasteiger partial charge < -0.3 is 0 Å². The number of hydrogen-bond acceptors (Lipinski definition) is 4. The van der Waals surface area contributed by atoms with Crippen molar-refractivity contribution in [3.05, 3.63) is 42.0 Å². The molecule has 0 aliphatic carbocycles. The maximum atomic E-state index is 11.7. The Morgan fingerprint density at radius 3 is 2.16 bits per heavy atom. The van der Waals surface area contributed by atoms with E-state index < -0.39 is 22.8 Å². The van der Waals surface area contributed by atoms with E-state index in [1.54, 1.807) is 24.3 Å². The first-order valence-corrected chi connectivity index (χ1v) is 5.73. The van der Waals surface area contributed by atoms with Crippen LogP contribution in [0.2, 0.25) is 0 Å². The number of benzene rings is 1. The fourth-order valence-corrected chi connectivity index (χ4v) is 1.40. The Bertz CT molecular complexity index is 551. The molecule has 0 heterocycles. The second-order valence-corrected chi connectivity index (χ2v) is 3.95. The van der Waals surface area contributed by atoms with Crippen molar-refractivity contribution in [1.82, 2.24) is 4.90 Å². The minimum absolute atomic E-state index is 0.245. The van der Waals surface area contributed by atoms with Crippen LogP contribution < -0.4 is 0 Å². The van der Waals surface area contributed by atoms with Crippen molar-refractivity contribution in [2.24, 2.45) is 0 Å². The zero-order valence-corrected chi connectivity index (χ0v) is 11.0. The quantitative estimate of drug-likeness (QED) is 0.509. The zero-order valence-electron chi connectivity index (χ0n) is 10.1. The van der Waals surface area contributed by atoms with E-state index in [1.807, 2.05) is 6.07 Å². The summed E-state index contributed by atoms with van der Waals surface area (Å²) in [6, 6.07) is 8.84. The van der Waals surface area contributed by atoms with E-state index in [-0.39, 0.29) is 4.90 Å². The molecule has 3 amide bonds. The fraction of sp³-hybridized carbons (Fsp3) is 0.0769. The van der Waals surface area contributed by atoms with Gasteiger partial charge in [-0.1, -0.05) is 43.0 Å². The van der Waals surface area contributed by atoms with Gasteiger partial charge in [0.05, 0.1) is 0 Å². The van der Waals surface area contributed by atoms with Crippen LogP contribution in [0.25, 0.3) is 6.08 Å². The standard InChI is InChI=1S/C13H11NO4S/c1-9(15)14(12(17)13(18)19)11(16)8-7-10-5-3-2-4-6-10/h2-8H,1H3,(H,18,19). The van der Waals surface area contributed by atoms with Gasteiger partial charge in [-0.15, -0.1) is 0 Å². The first-order valence-electron chi connectivity index (χ1n) is 5.28. The van der Waals surface area contributed by atoms with Crippen LogP contribution in [-0.2, 0) is 19.2 Å². The Morgan fingerprint density at radius 1 is 1.11 bits per heavy atom. The van der Waals surface area contributed by atoms with Gasteiger partial charge in [-0.3, -0.25) is 19.2 Å². The highest BCUT2D eigenvalue weighted by atomic mass is 32.1. The number of carbonyl (C=O) groups excluding carboxylic acids is 4. The van der Waals surface area contributed by atoms with Gasteiger partial charge in [0.25, 0.3) is 11.0 Å². The molecule has 1 aromatic carbocycles. The van der Waals surface area contributed by atoms with Crippen LogP contribution >= 0.6 is 12.6 Å². The van der Waals surface area contributed by atoms with Gasteiger partial charge >= 0.3 is 5.91 Å². The minimum atomic E-state index is -1.27. The van der Waals surface area contributed by atoms with Crippen molar-refractivity contribution < 1.29 is 19.2 Å². The Labute approximate surface area is 115 Å². The normalized spacial score (nSPS) is 10.2. The number of amides is 3. The summed E-state index contributed by atoms with van der Waals surface area (Å²) in [6.45, 7) is 1.02. The summed E-state index contributed by atoms with van der Waals surface area (Å²) < 4.78 is 0. The Morgan fingerprint density at radius 2 is 1.68 bits per heavy atom. The summed E-state index contributed by atoms with van der Waals surface area (Å²) in [5, 5.41) is -1.17. The lowest BCUT2D eigenvalue weighted by Gasteiger charge is -2.12. The molecular weight excluding hydrogens is 266 g/mol. The van der Waals surface area contributed by atoms with Crippen molar-refractivity contribution in [2.45, 2.75) is 6.92 Å². The number of thiol groups is 1. The van der Waals surface area contributed by atoms with Gasteiger partial charge in [0.1, 0.15) is 0 Å². The first-order chi connectivity index (χ1) is 8.93. The minimum Gasteiger partial charge on any atom is -0.276 e. The molecule has 0 fully saturated rings. The van der Waals surface area contributed by atoms with Gasteiger partial charge in [0.15, 0.2) is 0 Å². The molecule has 1 rings (SSSR count). The van der Waals surface area contributed by atoms with Crippen molar-refractivity contribution in [3.8, 4) is 0 Å². The van der Waals surface area contributed by atoms with E-state index in [0.717, 1.165) is 18.6 Å². The zero-order chi connectivity index (χ0) is 14.4. The second kappa shape index (κ2) is 6.65. The average molecular weight is 277 g/mol. The third-order valence-electron chi connectivity index (χ3n) is 2.14. The number of imide groups is 3. The molecule has 0 aliphatic rings. The number of carbonyl (C=O) groups is 4. The summed E-state index contributed by atoms with van der Waals surface area (Å²) >= 11 is 3.30. The first kappa shape index (κ1) is 14.8. The largest absolute Gasteiger partial charge is 0.314 e. The van der Waals surface area contributed by atoms with Crippen LogP contribution in [0.3, 0.4) is 0 Å². The lowest BCUT2D eigenvalue weighted by atomic mass is 10.2. The van der Waals surface area contributed by atoms with Crippen molar-refractivity contribution in [3.63, 3.8) is 0 Å². The monoisotopic (exact) mass is 277 g/mol. The molecule has 0 atom stereocenters. The molecule has 0 saturated heterocycles. The van der Waals surface area contributed by atoms with Crippen LogP contribution in [0.15, 0.2) is 36.4 Å². The molecule has 0 aromatic heterocycles. The van der Waals surface area contributed by atoms with E-state index in [4.69, 9.17) is 0 Å². The van der Waals surface area contributed by atoms with E-state index in [2.05, 4.69) is 12.6 Å². The lowest BCUT2D eigenvalue weighted by Crippen LogP contribution is -2.42. The molecule has 0 aliphatic heterocycles. The van der Waals surface area contributed by atoms with E-state index >= 15 is 0 Å².